The lowest BCUT2D eigenvalue weighted by Crippen LogP contribution is -2.17. The van der Waals surface area contributed by atoms with Crippen LogP contribution in [0.3, 0.4) is 0 Å². The summed E-state index contributed by atoms with van der Waals surface area (Å²) in [4.78, 5) is 12.0. The Labute approximate surface area is 136 Å². The first kappa shape index (κ1) is 14.5. The maximum absolute atomic E-state index is 12.0. The Morgan fingerprint density at radius 3 is 2.50 bits per heavy atom. The number of hydrazone groups is 1. The molecule has 108 valence electrons. The molecule has 0 aliphatic carbocycles. The number of fused-ring (bicyclic) bond motifs is 1. The smallest absolute Gasteiger partial charge is 0.267 e. The van der Waals surface area contributed by atoms with E-state index in [1.807, 2.05) is 54.6 Å². The van der Waals surface area contributed by atoms with Gasteiger partial charge >= 0.3 is 0 Å². The van der Waals surface area contributed by atoms with E-state index in [1.165, 1.54) is 0 Å². The van der Waals surface area contributed by atoms with Crippen molar-refractivity contribution in [3.63, 3.8) is 0 Å². The van der Waals surface area contributed by atoms with Gasteiger partial charge < -0.3 is 0 Å². The zero-order valence-corrected chi connectivity index (χ0v) is 13.2. The van der Waals surface area contributed by atoms with Crippen molar-refractivity contribution in [1.29, 1.82) is 0 Å². The fraction of sp³-hybridized carbons (Fsp3) is 0. The third-order valence-electron chi connectivity index (χ3n) is 3.30. The van der Waals surface area contributed by atoms with E-state index < -0.39 is 0 Å². The molecule has 0 fully saturated rings. The Morgan fingerprint density at radius 1 is 0.955 bits per heavy atom. The summed E-state index contributed by atoms with van der Waals surface area (Å²) in [6, 6.07) is 21.2. The van der Waals surface area contributed by atoms with Crippen LogP contribution >= 0.6 is 15.9 Å². The standard InChI is InChI=1S/C18H13BrN2O/c19-16-10-8-14(9-11-16)18(22)21-20-12-15-6-3-5-13-4-1-2-7-17(13)15/h1-12H,(H,21,22)/b20-12+. The van der Waals surface area contributed by atoms with Crippen molar-refractivity contribution in [3.05, 3.63) is 82.3 Å². The fourth-order valence-corrected chi connectivity index (χ4v) is 2.45. The van der Waals surface area contributed by atoms with Gasteiger partial charge in [0.25, 0.3) is 5.91 Å². The molecule has 0 heterocycles. The van der Waals surface area contributed by atoms with Gasteiger partial charge in [0.1, 0.15) is 0 Å². The van der Waals surface area contributed by atoms with Crippen molar-refractivity contribution in [2.45, 2.75) is 0 Å². The molecule has 22 heavy (non-hydrogen) atoms. The van der Waals surface area contributed by atoms with Crippen molar-refractivity contribution in [1.82, 2.24) is 5.43 Å². The van der Waals surface area contributed by atoms with Gasteiger partial charge in [-0.2, -0.15) is 5.10 Å². The highest BCUT2D eigenvalue weighted by Crippen LogP contribution is 2.16. The van der Waals surface area contributed by atoms with Gasteiger partial charge in [0.15, 0.2) is 0 Å². The van der Waals surface area contributed by atoms with E-state index >= 15 is 0 Å². The monoisotopic (exact) mass is 352 g/mol. The number of hydrogen-bond donors (Lipinski definition) is 1. The third-order valence-corrected chi connectivity index (χ3v) is 3.83. The van der Waals surface area contributed by atoms with Gasteiger partial charge in [0.2, 0.25) is 0 Å². The van der Waals surface area contributed by atoms with E-state index in [-0.39, 0.29) is 5.91 Å². The molecule has 0 unspecified atom stereocenters. The topological polar surface area (TPSA) is 41.5 Å². The predicted octanol–water partition coefficient (Wildman–Crippen LogP) is 4.37. The molecule has 1 amide bonds. The van der Waals surface area contributed by atoms with Gasteiger partial charge in [-0.25, -0.2) is 5.43 Å². The molecule has 3 rings (SSSR count). The van der Waals surface area contributed by atoms with E-state index in [4.69, 9.17) is 0 Å². The molecule has 0 saturated heterocycles. The molecule has 3 nitrogen and oxygen atoms in total. The molecule has 0 bridgehead atoms. The molecule has 1 N–H and O–H groups in total. The molecule has 3 aromatic carbocycles. The van der Waals surface area contributed by atoms with Gasteiger partial charge in [-0.15, -0.1) is 0 Å². The molecule has 0 spiro atoms. The zero-order chi connectivity index (χ0) is 15.4. The Balaban J connectivity index is 1.76. The predicted molar refractivity (Wildman–Crippen MR) is 93.2 cm³/mol. The van der Waals surface area contributed by atoms with Crippen molar-refractivity contribution in [3.8, 4) is 0 Å². The van der Waals surface area contributed by atoms with Gasteiger partial charge in [0, 0.05) is 15.6 Å². The van der Waals surface area contributed by atoms with Crippen molar-refractivity contribution in [2.75, 3.05) is 0 Å². The lowest BCUT2D eigenvalue weighted by atomic mass is 10.1. The number of carbonyl (C=O) groups is 1. The Kier molecular flexibility index (Phi) is 4.30. The normalized spacial score (nSPS) is 11.0. The van der Waals surface area contributed by atoms with Crippen molar-refractivity contribution < 1.29 is 4.79 Å². The summed E-state index contributed by atoms with van der Waals surface area (Å²) in [6.45, 7) is 0. The van der Waals surface area contributed by atoms with E-state index in [2.05, 4.69) is 26.5 Å². The highest BCUT2D eigenvalue weighted by molar-refractivity contribution is 9.10. The van der Waals surface area contributed by atoms with E-state index in [1.54, 1.807) is 18.3 Å². The second-order valence-corrected chi connectivity index (χ2v) is 5.69. The fourth-order valence-electron chi connectivity index (χ4n) is 2.19. The van der Waals surface area contributed by atoms with Gasteiger partial charge in [-0.1, -0.05) is 58.4 Å². The average Bonchev–Trinajstić information content (AvgIpc) is 2.55. The lowest BCUT2D eigenvalue weighted by Gasteiger charge is -2.02. The number of nitrogens with zero attached hydrogens (tertiary/aromatic N) is 1. The number of rotatable bonds is 3. The van der Waals surface area contributed by atoms with Crippen LogP contribution in [0.1, 0.15) is 15.9 Å². The lowest BCUT2D eigenvalue weighted by molar-refractivity contribution is 0.0955. The number of benzene rings is 3. The van der Waals surface area contributed by atoms with Crippen molar-refractivity contribution in [2.24, 2.45) is 5.10 Å². The van der Waals surface area contributed by atoms with Crippen LogP contribution in [0.4, 0.5) is 0 Å². The van der Waals surface area contributed by atoms with E-state index in [0.717, 1.165) is 20.8 Å². The number of halogens is 1. The van der Waals surface area contributed by atoms with Gasteiger partial charge in [-0.3, -0.25) is 4.79 Å². The third kappa shape index (κ3) is 3.23. The summed E-state index contributed by atoms with van der Waals surface area (Å²) in [5.74, 6) is -0.232. The van der Waals surface area contributed by atoms with Crippen LogP contribution in [-0.2, 0) is 0 Å². The molecular formula is C18H13BrN2O. The summed E-state index contributed by atoms with van der Waals surface area (Å²) in [5, 5.41) is 6.30. The summed E-state index contributed by atoms with van der Waals surface area (Å²) in [7, 11) is 0. The second kappa shape index (κ2) is 6.54. The molecule has 0 aromatic heterocycles. The Morgan fingerprint density at radius 2 is 1.68 bits per heavy atom. The number of carbonyl (C=O) groups excluding carboxylic acids is 1. The number of nitrogens with one attached hydrogen (secondary N) is 1. The maximum Gasteiger partial charge on any atom is 0.271 e. The van der Waals surface area contributed by atoms with Crippen LogP contribution in [0.25, 0.3) is 10.8 Å². The minimum Gasteiger partial charge on any atom is -0.267 e. The van der Waals surface area contributed by atoms with Crippen LogP contribution in [-0.4, -0.2) is 12.1 Å². The molecule has 0 aliphatic rings. The second-order valence-electron chi connectivity index (χ2n) is 4.77. The highest BCUT2D eigenvalue weighted by Gasteiger charge is 2.03. The maximum atomic E-state index is 12.0. The molecule has 0 radical (unpaired) electrons. The molecule has 0 aliphatic heterocycles. The first-order valence-electron chi connectivity index (χ1n) is 6.81. The Bertz CT molecular complexity index is 836. The zero-order valence-electron chi connectivity index (χ0n) is 11.7. The van der Waals surface area contributed by atoms with Crippen LogP contribution in [0.5, 0.6) is 0 Å². The Hall–Kier alpha value is -2.46. The summed E-state index contributed by atoms with van der Waals surface area (Å²) < 4.78 is 0.934. The SMILES string of the molecule is O=C(N/N=C/c1cccc2ccccc12)c1ccc(Br)cc1. The molecular weight excluding hydrogens is 340 g/mol. The van der Waals surface area contributed by atoms with Gasteiger partial charge in [0.05, 0.1) is 6.21 Å². The number of hydrogen-bond acceptors (Lipinski definition) is 2. The van der Waals surface area contributed by atoms with Crippen LogP contribution in [0, 0.1) is 0 Å². The number of amides is 1. The largest absolute Gasteiger partial charge is 0.271 e. The molecule has 0 saturated carbocycles. The van der Waals surface area contributed by atoms with E-state index in [9.17, 15) is 4.79 Å². The molecule has 0 atom stereocenters. The quantitative estimate of drug-likeness (QED) is 0.552. The summed E-state index contributed by atoms with van der Waals surface area (Å²) in [6.07, 6.45) is 1.67. The molecule has 4 heteroatoms. The first-order valence-corrected chi connectivity index (χ1v) is 7.60. The van der Waals surface area contributed by atoms with Crippen LogP contribution < -0.4 is 5.43 Å². The van der Waals surface area contributed by atoms with Crippen LogP contribution in [0.15, 0.2) is 76.3 Å². The van der Waals surface area contributed by atoms with E-state index in [0.29, 0.717) is 5.56 Å². The summed E-state index contributed by atoms with van der Waals surface area (Å²) >= 11 is 3.34. The minimum absolute atomic E-state index is 0.232. The minimum atomic E-state index is -0.232. The van der Waals surface area contributed by atoms with Crippen molar-refractivity contribution >= 4 is 38.8 Å². The molecule has 3 aromatic rings. The van der Waals surface area contributed by atoms with Gasteiger partial charge in [-0.05, 0) is 35.0 Å². The van der Waals surface area contributed by atoms with Crippen LogP contribution in [0.2, 0.25) is 0 Å². The first-order chi connectivity index (χ1) is 10.7. The average molecular weight is 353 g/mol. The summed E-state index contributed by atoms with van der Waals surface area (Å²) in [5.41, 5.74) is 4.08. The highest BCUT2D eigenvalue weighted by atomic mass is 79.9.